The molecule has 0 spiro atoms. The third-order valence-corrected chi connectivity index (χ3v) is 13.5. The number of anilines is 3. The Kier molecular flexibility index (Phi) is 7.26. The minimum Gasteiger partial charge on any atom is -0.310 e. The summed E-state index contributed by atoms with van der Waals surface area (Å²) in [5.41, 5.74) is 24.0. The summed E-state index contributed by atoms with van der Waals surface area (Å²) >= 11 is 0. The van der Waals surface area contributed by atoms with Gasteiger partial charge in [0.25, 0.3) is 0 Å². The van der Waals surface area contributed by atoms with E-state index in [0.717, 1.165) is 17.1 Å². The lowest BCUT2D eigenvalue weighted by atomic mass is 9.70. The Hall–Kier alpha value is -7.22. The summed E-state index contributed by atoms with van der Waals surface area (Å²) in [6.07, 6.45) is 0. The number of fused-ring (bicyclic) bond motifs is 9. The molecule has 3 aliphatic carbocycles. The average molecular weight is 752 g/mol. The molecule has 0 aromatic heterocycles. The van der Waals surface area contributed by atoms with Crippen LogP contribution in [0.15, 0.2) is 212 Å². The molecule has 0 saturated heterocycles. The van der Waals surface area contributed by atoms with Gasteiger partial charge in [-0.1, -0.05) is 190 Å². The molecule has 0 N–H and O–H groups in total. The van der Waals surface area contributed by atoms with Gasteiger partial charge in [0.1, 0.15) is 0 Å². The highest BCUT2D eigenvalue weighted by atomic mass is 15.1. The van der Waals surface area contributed by atoms with Crippen LogP contribution in [0.4, 0.5) is 17.1 Å². The van der Waals surface area contributed by atoms with Gasteiger partial charge in [-0.25, -0.2) is 0 Å². The predicted octanol–water partition coefficient (Wildman–Crippen LogP) is 15.1. The van der Waals surface area contributed by atoms with Crippen LogP contribution in [0.1, 0.15) is 47.2 Å². The lowest BCUT2D eigenvalue weighted by Gasteiger charge is -2.32. The summed E-state index contributed by atoms with van der Waals surface area (Å²) in [6, 6.07) is 79.0. The molecular weight excluding hydrogens is 711 g/mol. The molecule has 0 amide bonds. The van der Waals surface area contributed by atoms with Crippen LogP contribution in [0, 0.1) is 0 Å². The molecule has 1 heteroatoms. The normalized spacial score (nSPS) is 15.8. The molecule has 278 valence electrons. The highest BCUT2D eigenvalue weighted by Crippen LogP contribution is 2.66. The third kappa shape index (κ3) is 4.73. The number of benzene rings is 9. The van der Waals surface area contributed by atoms with Crippen LogP contribution in [0.5, 0.6) is 0 Å². The van der Waals surface area contributed by atoms with E-state index in [4.69, 9.17) is 0 Å². The first-order valence-corrected chi connectivity index (χ1v) is 20.8. The number of hydrogen-bond acceptors (Lipinski definition) is 1. The summed E-state index contributed by atoms with van der Waals surface area (Å²) < 4.78 is 0. The molecule has 0 heterocycles. The first-order chi connectivity index (χ1) is 29.0. The van der Waals surface area contributed by atoms with Crippen molar-refractivity contribution in [2.45, 2.75) is 24.7 Å². The third-order valence-electron chi connectivity index (χ3n) is 13.5. The average Bonchev–Trinajstić information content (AvgIpc) is 3.87. The van der Waals surface area contributed by atoms with Crippen molar-refractivity contribution in [2.24, 2.45) is 0 Å². The van der Waals surface area contributed by atoms with Crippen LogP contribution < -0.4 is 4.90 Å². The van der Waals surface area contributed by atoms with Gasteiger partial charge in [-0.2, -0.15) is 0 Å². The Balaban J connectivity index is 1.05. The molecule has 59 heavy (non-hydrogen) atoms. The molecule has 1 unspecified atom stereocenters. The van der Waals surface area contributed by atoms with E-state index in [2.05, 4.69) is 231 Å². The Morgan fingerprint density at radius 3 is 1.46 bits per heavy atom. The largest absolute Gasteiger partial charge is 0.310 e. The van der Waals surface area contributed by atoms with Crippen molar-refractivity contribution in [3.05, 3.63) is 246 Å². The van der Waals surface area contributed by atoms with E-state index >= 15 is 0 Å². The highest BCUT2D eigenvalue weighted by molar-refractivity contribution is 6.04. The topological polar surface area (TPSA) is 3.24 Å². The predicted molar refractivity (Wildman–Crippen MR) is 246 cm³/mol. The van der Waals surface area contributed by atoms with E-state index in [0.29, 0.717) is 0 Å². The molecule has 0 radical (unpaired) electrons. The van der Waals surface area contributed by atoms with Gasteiger partial charge in [-0.05, 0) is 125 Å². The SMILES string of the molecule is CC1(C)c2ccccc2-c2ccc(N(c3ccc(-c4ccccc4)cc3)c3ccc(C45c6ccccc6-c6ccc(-c7ccccc7)c(c64)-c4ccccc45)cc3)cc21. The van der Waals surface area contributed by atoms with Crippen LogP contribution in [-0.4, -0.2) is 0 Å². The van der Waals surface area contributed by atoms with Crippen molar-refractivity contribution in [3.8, 4) is 55.6 Å². The first kappa shape index (κ1) is 33.9. The molecule has 0 saturated carbocycles. The van der Waals surface area contributed by atoms with Crippen molar-refractivity contribution in [3.63, 3.8) is 0 Å². The van der Waals surface area contributed by atoms with Crippen LogP contribution >= 0.6 is 0 Å². The monoisotopic (exact) mass is 751 g/mol. The standard InChI is InChI=1S/C58H41N/c1-57(2)51-22-12-9-19-46(51)48-34-33-44(37-54(48)57)59(42-29-25-39(26-30-42)38-15-5-3-6-16-38)43-31-27-41(28-32-43)58-52-23-13-10-20-47(52)49-36-35-45(40-17-7-4-8-18-40)55(56(49)58)50-21-11-14-24-53(50)58/h3-37H,1-2H3. The van der Waals surface area contributed by atoms with E-state index < -0.39 is 5.41 Å². The summed E-state index contributed by atoms with van der Waals surface area (Å²) in [7, 11) is 0. The highest BCUT2D eigenvalue weighted by Gasteiger charge is 2.53. The van der Waals surface area contributed by atoms with Crippen LogP contribution in [0.25, 0.3) is 55.6 Å². The van der Waals surface area contributed by atoms with Gasteiger partial charge in [-0.15, -0.1) is 0 Å². The number of nitrogens with zero attached hydrogens (tertiary/aromatic N) is 1. The van der Waals surface area contributed by atoms with E-state index in [1.54, 1.807) is 0 Å². The Bertz CT molecular complexity index is 3100. The van der Waals surface area contributed by atoms with Crippen LogP contribution in [-0.2, 0) is 10.8 Å². The van der Waals surface area contributed by atoms with Gasteiger partial charge < -0.3 is 4.90 Å². The lowest BCUT2D eigenvalue weighted by molar-refractivity contribution is 0.660. The van der Waals surface area contributed by atoms with Gasteiger partial charge in [-0.3, -0.25) is 0 Å². The summed E-state index contributed by atoms with van der Waals surface area (Å²) in [5, 5.41) is 0. The van der Waals surface area contributed by atoms with Crippen molar-refractivity contribution in [1.29, 1.82) is 0 Å². The maximum Gasteiger partial charge on any atom is 0.0725 e. The van der Waals surface area contributed by atoms with Crippen molar-refractivity contribution >= 4 is 17.1 Å². The second-order valence-electron chi connectivity index (χ2n) is 16.8. The minimum absolute atomic E-state index is 0.108. The Morgan fingerprint density at radius 1 is 0.322 bits per heavy atom. The molecule has 12 rings (SSSR count). The quantitative estimate of drug-likeness (QED) is 0.164. The summed E-state index contributed by atoms with van der Waals surface area (Å²) in [5.74, 6) is 0. The van der Waals surface area contributed by atoms with E-state index in [9.17, 15) is 0 Å². The maximum absolute atomic E-state index is 2.44. The van der Waals surface area contributed by atoms with Gasteiger partial charge in [0.05, 0.1) is 5.41 Å². The van der Waals surface area contributed by atoms with Gasteiger partial charge >= 0.3 is 0 Å². The van der Waals surface area contributed by atoms with E-state index in [1.807, 2.05) is 0 Å². The number of hydrogen-bond donors (Lipinski definition) is 0. The molecule has 0 bridgehead atoms. The molecule has 9 aromatic carbocycles. The smallest absolute Gasteiger partial charge is 0.0725 e. The van der Waals surface area contributed by atoms with Gasteiger partial charge in [0.2, 0.25) is 0 Å². The molecule has 0 aliphatic heterocycles. The van der Waals surface area contributed by atoms with Crippen LogP contribution in [0.2, 0.25) is 0 Å². The molecule has 1 nitrogen and oxygen atoms in total. The first-order valence-electron chi connectivity index (χ1n) is 20.8. The Labute approximate surface area is 346 Å². The Morgan fingerprint density at radius 2 is 0.780 bits per heavy atom. The molecular formula is C58H41N. The fourth-order valence-electron chi connectivity index (χ4n) is 10.9. The molecule has 1 atom stereocenters. The van der Waals surface area contributed by atoms with Gasteiger partial charge in [0.15, 0.2) is 0 Å². The van der Waals surface area contributed by atoms with E-state index in [1.165, 1.54) is 89.0 Å². The zero-order valence-electron chi connectivity index (χ0n) is 33.2. The lowest BCUT2D eigenvalue weighted by Crippen LogP contribution is -2.26. The fraction of sp³-hybridized carbons (Fsp3) is 0.0690. The van der Waals surface area contributed by atoms with Crippen LogP contribution in [0.3, 0.4) is 0 Å². The second-order valence-corrected chi connectivity index (χ2v) is 16.8. The maximum atomic E-state index is 2.44. The second kappa shape index (κ2) is 12.6. The zero-order valence-corrected chi connectivity index (χ0v) is 33.2. The summed E-state index contributed by atoms with van der Waals surface area (Å²) in [4.78, 5) is 2.44. The molecule has 9 aromatic rings. The fourth-order valence-corrected chi connectivity index (χ4v) is 10.9. The zero-order chi connectivity index (χ0) is 39.3. The summed E-state index contributed by atoms with van der Waals surface area (Å²) in [6.45, 7) is 4.73. The minimum atomic E-state index is -0.438. The van der Waals surface area contributed by atoms with Crippen molar-refractivity contribution < 1.29 is 0 Å². The van der Waals surface area contributed by atoms with E-state index in [-0.39, 0.29) is 5.41 Å². The molecule has 0 fully saturated rings. The van der Waals surface area contributed by atoms with Gasteiger partial charge in [0, 0.05) is 22.5 Å². The number of rotatable bonds is 6. The molecule has 3 aliphatic rings. The van der Waals surface area contributed by atoms with Crippen molar-refractivity contribution in [1.82, 2.24) is 0 Å². The van der Waals surface area contributed by atoms with Crippen molar-refractivity contribution in [2.75, 3.05) is 4.90 Å².